The van der Waals surface area contributed by atoms with E-state index in [1.54, 1.807) is 13.2 Å². The van der Waals surface area contributed by atoms with Gasteiger partial charge in [-0.05, 0) is 48.5 Å². The van der Waals surface area contributed by atoms with Crippen LogP contribution in [-0.2, 0) is 0 Å². The average Bonchev–Trinajstić information content (AvgIpc) is 2.39. The predicted octanol–water partition coefficient (Wildman–Crippen LogP) is 4.31. The topological polar surface area (TPSA) is 21.3 Å². The maximum atomic E-state index is 6.05. The van der Waals surface area contributed by atoms with Crippen molar-refractivity contribution in [2.75, 3.05) is 14.2 Å². The van der Waals surface area contributed by atoms with Gasteiger partial charge in [-0.25, -0.2) is 0 Å². The lowest BCUT2D eigenvalue weighted by Crippen LogP contribution is -2.17. The molecule has 0 bridgehead atoms. The third kappa shape index (κ3) is 3.41. The van der Waals surface area contributed by atoms with Crippen molar-refractivity contribution in [1.82, 2.24) is 5.32 Å². The maximum Gasteiger partial charge on any atom is 0.118 e. The first kappa shape index (κ1) is 14.2. The first-order valence-electron chi connectivity index (χ1n) is 5.91. The highest BCUT2D eigenvalue weighted by molar-refractivity contribution is 6.34. The minimum atomic E-state index is 0.0436. The lowest BCUT2D eigenvalue weighted by molar-refractivity contribution is 0.414. The summed E-state index contributed by atoms with van der Waals surface area (Å²) >= 11 is 12.1. The molecule has 19 heavy (non-hydrogen) atoms. The van der Waals surface area contributed by atoms with Crippen LogP contribution in [0.2, 0.25) is 10.0 Å². The molecule has 0 radical (unpaired) electrons. The van der Waals surface area contributed by atoms with E-state index in [9.17, 15) is 0 Å². The second-order valence-corrected chi connectivity index (χ2v) is 5.07. The zero-order valence-corrected chi connectivity index (χ0v) is 12.3. The highest BCUT2D eigenvalue weighted by Gasteiger charge is 2.13. The van der Waals surface area contributed by atoms with Crippen molar-refractivity contribution in [2.24, 2.45) is 0 Å². The molecule has 0 amide bonds. The fraction of sp³-hybridized carbons (Fsp3) is 0.200. The molecular weight excluding hydrogens is 281 g/mol. The molecule has 4 heteroatoms. The molecule has 0 aliphatic carbocycles. The van der Waals surface area contributed by atoms with Crippen molar-refractivity contribution in [2.45, 2.75) is 6.04 Å². The van der Waals surface area contributed by atoms with Gasteiger partial charge in [0.1, 0.15) is 5.75 Å². The molecule has 2 aromatic rings. The van der Waals surface area contributed by atoms with E-state index in [4.69, 9.17) is 27.9 Å². The highest BCUT2D eigenvalue weighted by Crippen LogP contribution is 2.28. The van der Waals surface area contributed by atoms with Gasteiger partial charge in [0, 0.05) is 10.0 Å². The summed E-state index contributed by atoms with van der Waals surface area (Å²) in [5.41, 5.74) is 2.16. The van der Waals surface area contributed by atoms with E-state index < -0.39 is 0 Å². The van der Waals surface area contributed by atoms with Crippen molar-refractivity contribution < 1.29 is 4.74 Å². The number of benzene rings is 2. The molecular formula is C15H15Cl2NO. The number of methoxy groups -OCH3 is 1. The molecule has 0 aromatic heterocycles. The Morgan fingerprint density at radius 3 is 2.00 bits per heavy atom. The van der Waals surface area contributed by atoms with Gasteiger partial charge in [0.2, 0.25) is 0 Å². The minimum Gasteiger partial charge on any atom is -0.497 e. The lowest BCUT2D eigenvalue weighted by Gasteiger charge is -2.18. The van der Waals surface area contributed by atoms with E-state index >= 15 is 0 Å². The Hall–Kier alpha value is -1.22. The van der Waals surface area contributed by atoms with E-state index in [-0.39, 0.29) is 6.04 Å². The highest BCUT2D eigenvalue weighted by atomic mass is 35.5. The summed E-state index contributed by atoms with van der Waals surface area (Å²) < 4.78 is 5.16. The summed E-state index contributed by atoms with van der Waals surface area (Å²) in [5, 5.41) is 4.54. The van der Waals surface area contributed by atoms with Crippen LogP contribution in [0, 0.1) is 0 Å². The van der Waals surface area contributed by atoms with E-state index in [1.165, 1.54) is 0 Å². The second kappa shape index (κ2) is 6.29. The molecule has 1 atom stereocenters. The van der Waals surface area contributed by atoms with Gasteiger partial charge in [-0.2, -0.15) is 0 Å². The molecule has 1 N–H and O–H groups in total. The Kier molecular flexibility index (Phi) is 4.70. The third-order valence-electron chi connectivity index (χ3n) is 2.96. The first-order chi connectivity index (χ1) is 9.13. The number of rotatable bonds is 4. The number of hydrogen-bond acceptors (Lipinski definition) is 2. The van der Waals surface area contributed by atoms with Crippen molar-refractivity contribution in [3.63, 3.8) is 0 Å². The number of halogens is 2. The van der Waals surface area contributed by atoms with Crippen LogP contribution in [0.1, 0.15) is 17.2 Å². The molecule has 0 spiro atoms. The zero-order valence-electron chi connectivity index (χ0n) is 10.8. The molecule has 2 nitrogen and oxygen atoms in total. The number of nitrogens with one attached hydrogen (secondary N) is 1. The molecule has 2 aromatic carbocycles. The van der Waals surface area contributed by atoms with Gasteiger partial charge in [0.05, 0.1) is 13.2 Å². The van der Waals surface area contributed by atoms with Crippen LogP contribution in [0.3, 0.4) is 0 Å². The molecule has 1 unspecified atom stereocenters. The lowest BCUT2D eigenvalue weighted by atomic mass is 9.99. The van der Waals surface area contributed by atoms with E-state index in [2.05, 4.69) is 5.32 Å². The van der Waals surface area contributed by atoms with Gasteiger partial charge in [-0.1, -0.05) is 35.3 Å². The molecule has 0 fully saturated rings. The molecule has 0 saturated heterocycles. The standard InChI is InChI=1S/C15H15Cl2NO/c1-18-15(10-3-5-14(19-2)6-4-10)11-7-12(16)9-13(17)8-11/h3-9,15,18H,1-2H3. The van der Waals surface area contributed by atoms with Gasteiger partial charge < -0.3 is 10.1 Å². The third-order valence-corrected chi connectivity index (χ3v) is 3.39. The molecule has 2 rings (SSSR count). The predicted molar refractivity (Wildman–Crippen MR) is 80.4 cm³/mol. The molecule has 0 aliphatic heterocycles. The summed E-state index contributed by atoms with van der Waals surface area (Å²) in [6.07, 6.45) is 0. The van der Waals surface area contributed by atoms with E-state index in [1.807, 2.05) is 43.4 Å². The van der Waals surface area contributed by atoms with Gasteiger partial charge in [0.25, 0.3) is 0 Å². The summed E-state index contributed by atoms with van der Waals surface area (Å²) in [4.78, 5) is 0. The van der Waals surface area contributed by atoms with Crippen LogP contribution >= 0.6 is 23.2 Å². The summed E-state index contributed by atoms with van der Waals surface area (Å²) in [6.45, 7) is 0. The average molecular weight is 296 g/mol. The second-order valence-electron chi connectivity index (χ2n) is 4.20. The van der Waals surface area contributed by atoms with Crippen molar-refractivity contribution in [3.05, 3.63) is 63.6 Å². The van der Waals surface area contributed by atoms with Crippen molar-refractivity contribution >= 4 is 23.2 Å². The Balaban J connectivity index is 2.37. The molecule has 0 aliphatic rings. The normalized spacial score (nSPS) is 12.2. The molecule has 0 heterocycles. The Labute approximate surface area is 123 Å². The fourth-order valence-corrected chi connectivity index (χ4v) is 2.61. The quantitative estimate of drug-likeness (QED) is 0.907. The van der Waals surface area contributed by atoms with Crippen LogP contribution in [0.4, 0.5) is 0 Å². The Bertz CT molecular complexity index is 534. The fourth-order valence-electron chi connectivity index (χ4n) is 2.06. The van der Waals surface area contributed by atoms with Crippen LogP contribution in [0.15, 0.2) is 42.5 Å². The van der Waals surface area contributed by atoms with Gasteiger partial charge in [-0.15, -0.1) is 0 Å². The summed E-state index contributed by atoms with van der Waals surface area (Å²) in [5.74, 6) is 0.836. The van der Waals surface area contributed by atoms with Crippen molar-refractivity contribution in [1.29, 1.82) is 0 Å². The van der Waals surface area contributed by atoms with E-state index in [0.29, 0.717) is 10.0 Å². The van der Waals surface area contributed by atoms with E-state index in [0.717, 1.165) is 16.9 Å². The zero-order chi connectivity index (χ0) is 13.8. The maximum absolute atomic E-state index is 6.05. The summed E-state index contributed by atoms with van der Waals surface area (Å²) in [7, 11) is 3.56. The van der Waals surface area contributed by atoms with Crippen LogP contribution in [-0.4, -0.2) is 14.2 Å². The minimum absolute atomic E-state index is 0.0436. The van der Waals surface area contributed by atoms with Gasteiger partial charge >= 0.3 is 0 Å². The number of ether oxygens (including phenoxy) is 1. The Morgan fingerprint density at radius 2 is 1.53 bits per heavy atom. The van der Waals surface area contributed by atoms with Gasteiger partial charge in [0.15, 0.2) is 0 Å². The van der Waals surface area contributed by atoms with Crippen molar-refractivity contribution in [3.8, 4) is 5.75 Å². The summed E-state index contributed by atoms with van der Waals surface area (Å²) in [6, 6.07) is 13.5. The molecule has 0 saturated carbocycles. The number of hydrogen-bond donors (Lipinski definition) is 1. The Morgan fingerprint density at radius 1 is 0.947 bits per heavy atom. The first-order valence-corrected chi connectivity index (χ1v) is 6.67. The van der Waals surface area contributed by atoms with Crippen LogP contribution < -0.4 is 10.1 Å². The monoisotopic (exact) mass is 295 g/mol. The van der Waals surface area contributed by atoms with Crippen LogP contribution in [0.25, 0.3) is 0 Å². The SMILES string of the molecule is CNC(c1ccc(OC)cc1)c1cc(Cl)cc(Cl)c1. The smallest absolute Gasteiger partial charge is 0.118 e. The van der Waals surface area contributed by atoms with Gasteiger partial charge in [-0.3, -0.25) is 0 Å². The van der Waals surface area contributed by atoms with Crippen LogP contribution in [0.5, 0.6) is 5.75 Å². The largest absolute Gasteiger partial charge is 0.497 e. The molecule has 100 valence electrons.